The number of pyridine rings is 1. The summed E-state index contributed by atoms with van der Waals surface area (Å²) in [4.78, 5) is 23.9. The van der Waals surface area contributed by atoms with Crippen molar-refractivity contribution in [3.8, 4) is 0 Å². The molecule has 4 rings (SSSR count). The molecule has 146 valence electrons. The molecule has 1 fully saturated rings. The second-order valence-corrected chi connectivity index (χ2v) is 7.32. The van der Waals surface area contributed by atoms with Crippen LogP contribution in [0.25, 0.3) is 5.65 Å². The van der Waals surface area contributed by atoms with Crippen molar-refractivity contribution in [3.63, 3.8) is 0 Å². The molecular weight excluding hydrogens is 354 g/mol. The van der Waals surface area contributed by atoms with E-state index in [0.717, 1.165) is 48.2 Å². The van der Waals surface area contributed by atoms with E-state index in [1.165, 1.54) is 0 Å². The molecule has 0 aromatic carbocycles. The summed E-state index contributed by atoms with van der Waals surface area (Å²) in [5, 5.41) is 11.4. The number of hydrogen-bond acceptors (Lipinski definition) is 6. The van der Waals surface area contributed by atoms with E-state index in [1.807, 2.05) is 48.7 Å². The van der Waals surface area contributed by atoms with Gasteiger partial charge in [-0.25, -0.2) is 9.97 Å². The first kappa shape index (κ1) is 18.3. The van der Waals surface area contributed by atoms with Gasteiger partial charge in [0.05, 0.1) is 5.92 Å². The minimum absolute atomic E-state index is 0.0479. The number of carbonyl (C=O) groups is 1. The van der Waals surface area contributed by atoms with Gasteiger partial charge in [-0.1, -0.05) is 6.07 Å². The largest absolute Gasteiger partial charge is 0.355 e. The number of carbonyl (C=O) groups excluding carboxylic acids is 1. The van der Waals surface area contributed by atoms with Gasteiger partial charge in [-0.2, -0.15) is 0 Å². The molecule has 1 aliphatic rings. The monoisotopic (exact) mass is 379 g/mol. The van der Waals surface area contributed by atoms with Gasteiger partial charge in [-0.15, -0.1) is 10.2 Å². The number of hydrogen-bond donors (Lipinski definition) is 1. The highest BCUT2D eigenvalue weighted by atomic mass is 16.1. The molecule has 0 unspecified atom stereocenters. The number of aryl methyl sites for hydroxylation is 2. The van der Waals surface area contributed by atoms with Crippen LogP contribution in [-0.4, -0.2) is 50.1 Å². The van der Waals surface area contributed by atoms with Crippen molar-refractivity contribution >= 4 is 17.5 Å². The van der Waals surface area contributed by atoms with Crippen LogP contribution in [0.5, 0.6) is 0 Å². The third kappa shape index (κ3) is 3.95. The number of aromatic nitrogens is 5. The summed E-state index contributed by atoms with van der Waals surface area (Å²) in [6.07, 6.45) is 4.44. The maximum atomic E-state index is 12.7. The van der Waals surface area contributed by atoms with Crippen molar-refractivity contribution in [3.05, 3.63) is 47.7 Å². The number of anilines is 1. The average molecular weight is 379 g/mol. The molecule has 0 saturated carbocycles. The molecule has 8 heteroatoms. The molecule has 0 aliphatic carbocycles. The lowest BCUT2D eigenvalue weighted by Crippen LogP contribution is -2.44. The summed E-state index contributed by atoms with van der Waals surface area (Å²) in [6, 6.07) is 7.76. The van der Waals surface area contributed by atoms with Crippen LogP contribution in [0.4, 0.5) is 5.95 Å². The van der Waals surface area contributed by atoms with E-state index < -0.39 is 0 Å². The summed E-state index contributed by atoms with van der Waals surface area (Å²) < 4.78 is 1.95. The van der Waals surface area contributed by atoms with Crippen LogP contribution in [0.3, 0.4) is 0 Å². The van der Waals surface area contributed by atoms with Gasteiger partial charge in [0.1, 0.15) is 5.82 Å². The molecule has 1 amide bonds. The average Bonchev–Trinajstić information content (AvgIpc) is 3.10. The van der Waals surface area contributed by atoms with Crippen LogP contribution in [0.1, 0.15) is 30.1 Å². The zero-order chi connectivity index (χ0) is 19.5. The van der Waals surface area contributed by atoms with Crippen LogP contribution in [-0.2, 0) is 11.2 Å². The molecule has 1 atom stereocenters. The predicted octanol–water partition coefficient (Wildman–Crippen LogP) is 1.71. The Labute approximate surface area is 164 Å². The molecule has 0 bridgehead atoms. The molecule has 3 aromatic heterocycles. The van der Waals surface area contributed by atoms with Crippen LogP contribution in [0.2, 0.25) is 0 Å². The molecule has 0 radical (unpaired) electrons. The van der Waals surface area contributed by atoms with E-state index >= 15 is 0 Å². The highest BCUT2D eigenvalue weighted by molar-refractivity contribution is 5.79. The van der Waals surface area contributed by atoms with Gasteiger partial charge in [0.2, 0.25) is 11.9 Å². The van der Waals surface area contributed by atoms with Crippen molar-refractivity contribution in [2.45, 2.75) is 33.1 Å². The van der Waals surface area contributed by atoms with Gasteiger partial charge in [0, 0.05) is 43.6 Å². The smallest absolute Gasteiger partial charge is 0.225 e. The van der Waals surface area contributed by atoms with Gasteiger partial charge in [-0.3, -0.25) is 9.20 Å². The first-order chi connectivity index (χ1) is 13.6. The van der Waals surface area contributed by atoms with E-state index in [-0.39, 0.29) is 11.8 Å². The fourth-order valence-electron chi connectivity index (χ4n) is 3.72. The number of rotatable bonds is 5. The van der Waals surface area contributed by atoms with E-state index in [2.05, 4.69) is 30.4 Å². The summed E-state index contributed by atoms with van der Waals surface area (Å²) in [6.45, 7) is 6.03. The third-order valence-corrected chi connectivity index (χ3v) is 5.08. The second-order valence-electron chi connectivity index (χ2n) is 7.32. The quantitative estimate of drug-likeness (QED) is 0.726. The predicted molar refractivity (Wildman–Crippen MR) is 106 cm³/mol. The molecule has 3 aromatic rings. The van der Waals surface area contributed by atoms with Crippen molar-refractivity contribution in [1.29, 1.82) is 0 Å². The van der Waals surface area contributed by atoms with Crippen molar-refractivity contribution in [1.82, 2.24) is 29.9 Å². The van der Waals surface area contributed by atoms with E-state index in [4.69, 9.17) is 0 Å². The van der Waals surface area contributed by atoms with Crippen LogP contribution >= 0.6 is 0 Å². The van der Waals surface area contributed by atoms with Crippen molar-refractivity contribution < 1.29 is 4.79 Å². The van der Waals surface area contributed by atoms with E-state index in [9.17, 15) is 4.79 Å². The van der Waals surface area contributed by atoms with Crippen molar-refractivity contribution in [2.75, 3.05) is 24.5 Å². The lowest BCUT2D eigenvalue weighted by molar-refractivity contribution is -0.125. The summed E-state index contributed by atoms with van der Waals surface area (Å²) in [5.41, 5.74) is 2.73. The number of fused-ring (bicyclic) bond motifs is 1. The molecule has 1 aliphatic heterocycles. The van der Waals surface area contributed by atoms with Gasteiger partial charge in [0.15, 0.2) is 5.65 Å². The standard InChI is InChI=1S/C20H25N7O/c1-14-12-15(2)23-20(22-14)26-10-5-6-16(13-26)19(28)21-9-8-18-25-24-17-7-3-4-11-27(17)18/h3-4,7,11-12,16H,5-6,8-10,13H2,1-2H3,(H,21,28)/t16-/m0/s1. The van der Waals surface area contributed by atoms with Gasteiger partial charge >= 0.3 is 0 Å². The number of nitrogens with one attached hydrogen (secondary N) is 1. The van der Waals surface area contributed by atoms with Crippen molar-refractivity contribution in [2.24, 2.45) is 5.92 Å². The van der Waals surface area contributed by atoms with Gasteiger partial charge in [-0.05, 0) is 44.9 Å². The zero-order valence-corrected chi connectivity index (χ0v) is 16.3. The lowest BCUT2D eigenvalue weighted by atomic mass is 9.97. The Balaban J connectivity index is 1.34. The van der Waals surface area contributed by atoms with Crippen LogP contribution in [0.15, 0.2) is 30.5 Å². The number of piperidine rings is 1. The Hall–Kier alpha value is -3.03. The Morgan fingerprint density at radius 1 is 1.21 bits per heavy atom. The van der Waals surface area contributed by atoms with Crippen LogP contribution in [0, 0.1) is 19.8 Å². The van der Waals surface area contributed by atoms with Crippen LogP contribution < -0.4 is 10.2 Å². The fraction of sp³-hybridized carbons (Fsp3) is 0.450. The fourth-order valence-corrected chi connectivity index (χ4v) is 3.72. The molecule has 4 heterocycles. The first-order valence-corrected chi connectivity index (χ1v) is 9.74. The molecule has 8 nitrogen and oxygen atoms in total. The Morgan fingerprint density at radius 2 is 2.04 bits per heavy atom. The normalized spacial score (nSPS) is 17.1. The third-order valence-electron chi connectivity index (χ3n) is 5.08. The van der Waals surface area contributed by atoms with E-state index in [1.54, 1.807) is 0 Å². The van der Waals surface area contributed by atoms with Gasteiger partial charge < -0.3 is 10.2 Å². The minimum Gasteiger partial charge on any atom is -0.355 e. The zero-order valence-electron chi connectivity index (χ0n) is 16.3. The Kier molecular flexibility index (Phi) is 5.18. The van der Waals surface area contributed by atoms with Gasteiger partial charge in [0.25, 0.3) is 0 Å². The Bertz CT molecular complexity index is 963. The number of amides is 1. The highest BCUT2D eigenvalue weighted by Gasteiger charge is 2.27. The Morgan fingerprint density at radius 3 is 2.86 bits per heavy atom. The summed E-state index contributed by atoms with van der Waals surface area (Å²) >= 11 is 0. The molecule has 1 saturated heterocycles. The first-order valence-electron chi connectivity index (χ1n) is 9.74. The summed E-state index contributed by atoms with van der Waals surface area (Å²) in [5.74, 6) is 1.62. The molecular formula is C20H25N7O. The molecule has 28 heavy (non-hydrogen) atoms. The maximum Gasteiger partial charge on any atom is 0.225 e. The second kappa shape index (κ2) is 7.92. The maximum absolute atomic E-state index is 12.7. The number of nitrogens with zero attached hydrogens (tertiary/aromatic N) is 6. The molecule has 1 N–H and O–H groups in total. The molecule has 0 spiro atoms. The lowest BCUT2D eigenvalue weighted by Gasteiger charge is -2.32. The minimum atomic E-state index is -0.0479. The van der Waals surface area contributed by atoms with E-state index in [0.29, 0.717) is 19.5 Å². The summed E-state index contributed by atoms with van der Waals surface area (Å²) in [7, 11) is 0. The highest BCUT2D eigenvalue weighted by Crippen LogP contribution is 2.21. The topological polar surface area (TPSA) is 88.3 Å². The SMILES string of the molecule is Cc1cc(C)nc(N2CCC[C@H](C(=O)NCCc3nnc4ccccn34)C2)n1.